The van der Waals surface area contributed by atoms with Crippen molar-refractivity contribution in [3.05, 3.63) is 35.4 Å². The first-order chi connectivity index (χ1) is 10.3. The molecule has 22 heavy (non-hydrogen) atoms. The minimum Gasteiger partial charge on any atom is -0.393 e. The second-order valence-electron chi connectivity index (χ2n) is 6.11. The standard InChI is InChI=1S/C17H26N2O3/c1-11(2)19-17(22)15-7-5-14(6-8-15)16(21)18-10-12(3)9-13(4)20/h5-8,11-13,20H,9-10H2,1-4H3,(H,18,21)(H,19,22). The molecule has 0 saturated heterocycles. The summed E-state index contributed by atoms with van der Waals surface area (Å²) in [6.07, 6.45) is 0.278. The third-order valence-corrected chi connectivity index (χ3v) is 3.18. The molecule has 0 bridgehead atoms. The van der Waals surface area contributed by atoms with Gasteiger partial charge in [-0.2, -0.15) is 0 Å². The number of benzene rings is 1. The lowest BCUT2D eigenvalue weighted by Crippen LogP contribution is -2.30. The number of aliphatic hydroxyl groups excluding tert-OH is 1. The molecule has 0 aromatic heterocycles. The molecule has 2 unspecified atom stereocenters. The molecule has 1 aromatic carbocycles. The van der Waals surface area contributed by atoms with Crippen LogP contribution in [0.2, 0.25) is 0 Å². The summed E-state index contributed by atoms with van der Waals surface area (Å²) >= 11 is 0. The summed E-state index contributed by atoms with van der Waals surface area (Å²) < 4.78 is 0. The third-order valence-electron chi connectivity index (χ3n) is 3.18. The van der Waals surface area contributed by atoms with E-state index in [1.54, 1.807) is 31.2 Å². The summed E-state index contributed by atoms with van der Waals surface area (Å²) in [6, 6.07) is 6.65. The van der Waals surface area contributed by atoms with Crippen molar-refractivity contribution in [3.8, 4) is 0 Å². The Morgan fingerprint density at radius 1 is 1.00 bits per heavy atom. The van der Waals surface area contributed by atoms with Gasteiger partial charge in [0, 0.05) is 23.7 Å². The van der Waals surface area contributed by atoms with Crippen LogP contribution in [0.15, 0.2) is 24.3 Å². The zero-order valence-corrected chi connectivity index (χ0v) is 13.7. The Bertz CT molecular complexity index is 495. The van der Waals surface area contributed by atoms with Gasteiger partial charge >= 0.3 is 0 Å². The number of carbonyl (C=O) groups is 2. The van der Waals surface area contributed by atoms with Gasteiger partial charge < -0.3 is 15.7 Å². The molecule has 3 N–H and O–H groups in total. The molecule has 2 atom stereocenters. The van der Waals surface area contributed by atoms with Gasteiger partial charge in [0.1, 0.15) is 0 Å². The van der Waals surface area contributed by atoms with Crippen LogP contribution < -0.4 is 10.6 Å². The van der Waals surface area contributed by atoms with Crippen molar-refractivity contribution < 1.29 is 14.7 Å². The van der Waals surface area contributed by atoms with E-state index in [4.69, 9.17) is 0 Å². The van der Waals surface area contributed by atoms with Gasteiger partial charge in [-0.15, -0.1) is 0 Å². The Hall–Kier alpha value is -1.88. The van der Waals surface area contributed by atoms with Gasteiger partial charge in [0.25, 0.3) is 11.8 Å². The number of aliphatic hydroxyl groups is 1. The average molecular weight is 306 g/mol. The maximum absolute atomic E-state index is 12.0. The van der Waals surface area contributed by atoms with Crippen molar-refractivity contribution in [2.45, 2.75) is 46.3 Å². The third kappa shape index (κ3) is 6.26. The maximum Gasteiger partial charge on any atom is 0.251 e. The van der Waals surface area contributed by atoms with Crippen molar-refractivity contribution >= 4 is 11.8 Å². The van der Waals surface area contributed by atoms with Crippen LogP contribution in [0.1, 0.15) is 54.8 Å². The molecule has 1 rings (SSSR count). The molecule has 5 nitrogen and oxygen atoms in total. The number of hydrogen-bond donors (Lipinski definition) is 3. The molecule has 122 valence electrons. The summed E-state index contributed by atoms with van der Waals surface area (Å²) in [5.74, 6) is -0.110. The van der Waals surface area contributed by atoms with E-state index < -0.39 is 0 Å². The van der Waals surface area contributed by atoms with Crippen LogP contribution in [0.25, 0.3) is 0 Å². The van der Waals surface area contributed by atoms with Crippen molar-refractivity contribution in [1.82, 2.24) is 10.6 Å². The van der Waals surface area contributed by atoms with E-state index in [2.05, 4.69) is 10.6 Å². The monoisotopic (exact) mass is 306 g/mol. The summed E-state index contributed by atoms with van der Waals surface area (Å²) in [4.78, 5) is 23.8. The summed E-state index contributed by atoms with van der Waals surface area (Å²) in [6.45, 7) is 8.02. The molecule has 0 fully saturated rings. The van der Waals surface area contributed by atoms with Crippen LogP contribution in [0.5, 0.6) is 0 Å². The van der Waals surface area contributed by atoms with Crippen LogP contribution in [-0.2, 0) is 0 Å². The quantitative estimate of drug-likeness (QED) is 0.720. The highest BCUT2D eigenvalue weighted by Gasteiger charge is 2.11. The first kappa shape index (κ1) is 18.2. The predicted molar refractivity (Wildman–Crippen MR) is 86.8 cm³/mol. The highest BCUT2D eigenvalue weighted by Crippen LogP contribution is 2.07. The molecular weight excluding hydrogens is 280 g/mol. The molecule has 0 aliphatic rings. The minimum absolute atomic E-state index is 0.0749. The first-order valence-electron chi connectivity index (χ1n) is 7.66. The molecular formula is C17H26N2O3. The lowest BCUT2D eigenvalue weighted by Gasteiger charge is -2.14. The molecule has 0 saturated carbocycles. The fourth-order valence-corrected chi connectivity index (χ4v) is 2.15. The molecule has 0 aliphatic carbocycles. The van der Waals surface area contributed by atoms with Gasteiger partial charge in [0.15, 0.2) is 0 Å². The van der Waals surface area contributed by atoms with E-state index >= 15 is 0 Å². The van der Waals surface area contributed by atoms with Crippen LogP contribution in [0.3, 0.4) is 0 Å². The van der Waals surface area contributed by atoms with E-state index in [1.807, 2.05) is 20.8 Å². The second-order valence-corrected chi connectivity index (χ2v) is 6.11. The Morgan fingerprint density at radius 2 is 1.50 bits per heavy atom. The van der Waals surface area contributed by atoms with Crippen LogP contribution in [0.4, 0.5) is 0 Å². The molecule has 0 aliphatic heterocycles. The topological polar surface area (TPSA) is 78.4 Å². The van der Waals surface area contributed by atoms with E-state index in [0.29, 0.717) is 24.1 Å². The highest BCUT2D eigenvalue weighted by atomic mass is 16.3. The summed E-state index contributed by atoms with van der Waals surface area (Å²) in [7, 11) is 0. The smallest absolute Gasteiger partial charge is 0.251 e. The average Bonchev–Trinajstić information content (AvgIpc) is 2.43. The number of hydrogen-bond acceptors (Lipinski definition) is 3. The van der Waals surface area contributed by atoms with E-state index in [-0.39, 0.29) is 29.9 Å². The molecule has 5 heteroatoms. The molecule has 0 heterocycles. The van der Waals surface area contributed by atoms with Crippen LogP contribution >= 0.6 is 0 Å². The van der Waals surface area contributed by atoms with Crippen LogP contribution in [-0.4, -0.2) is 35.6 Å². The van der Waals surface area contributed by atoms with Gasteiger partial charge in [-0.1, -0.05) is 6.92 Å². The van der Waals surface area contributed by atoms with Gasteiger partial charge in [-0.25, -0.2) is 0 Å². The predicted octanol–water partition coefficient (Wildman–Crippen LogP) is 1.96. The van der Waals surface area contributed by atoms with Crippen molar-refractivity contribution in [3.63, 3.8) is 0 Å². The van der Waals surface area contributed by atoms with Gasteiger partial charge in [0.2, 0.25) is 0 Å². The van der Waals surface area contributed by atoms with Crippen molar-refractivity contribution in [2.75, 3.05) is 6.54 Å². The lowest BCUT2D eigenvalue weighted by molar-refractivity contribution is 0.0929. The van der Waals surface area contributed by atoms with Crippen molar-refractivity contribution in [2.24, 2.45) is 5.92 Å². The Kier molecular flexibility index (Phi) is 7.05. The fraction of sp³-hybridized carbons (Fsp3) is 0.529. The molecule has 2 amide bonds. The first-order valence-corrected chi connectivity index (χ1v) is 7.66. The van der Waals surface area contributed by atoms with E-state index in [9.17, 15) is 14.7 Å². The van der Waals surface area contributed by atoms with Gasteiger partial charge in [0.05, 0.1) is 6.10 Å². The number of carbonyl (C=O) groups excluding carboxylic acids is 2. The Balaban J connectivity index is 2.55. The molecule has 0 spiro atoms. The summed E-state index contributed by atoms with van der Waals surface area (Å²) in [5.41, 5.74) is 1.05. The Morgan fingerprint density at radius 3 is 1.95 bits per heavy atom. The lowest BCUT2D eigenvalue weighted by atomic mass is 10.0. The molecule has 1 aromatic rings. The number of amides is 2. The van der Waals surface area contributed by atoms with Gasteiger partial charge in [-0.3, -0.25) is 9.59 Å². The number of rotatable bonds is 7. The normalized spacial score (nSPS) is 13.5. The number of nitrogens with one attached hydrogen (secondary N) is 2. The van der Waals surface area contributed by atoms with Gasteiger partial charge in [-0.05, 0) is 57.4 Å². The largest absolute Gasteiger partial charge is 0.393 e. The van der Waals surface area contributed by atoms with Crippen LogP contribution in [0, 0.1) is 5.92 Å². The second kappa shape index (κ2) is 8.54. The molecule has 0 radical (unpaired) electrons. The fourth-order valence-electron chi connectivity index (χ4n) is 2.15. The van der Waals surface area contributed by atoms with Crippen molar-refractivity contribution in [1.29, 1.82) is 0 Å². The maximum atomic E-state index is 12.0. The Labute approximate surface area is 132 Å². The summed E-state index contributed by atoms with van der Waals surface area (Å²) in [5, 5.41) is 14.9. The zero-order valence-electron chi connectivity index (χ0n) is 13.7. The highest BCUT2D eigenvalue weighted by molar-refractivity contribution is 5.97. The minimum atomic E-state index is -0.370. The van der Waals surface area contributed by atoms with E-state index in [0.717, 1.165) is 0 Å². The zero-order chi connectivity index (χ0) is 16.7. The SMILES string of the molecule is CC(O)CC(C)CNC(=O)c1ccc(C(=O)NC(C)C)cc1. The van der Waals surface area contributed by atoms with E-state index in [1.165, 1.54) is 0 Å².